The van der Waals surface area contributed by atoms with Crippen molar-refractivity contribution in [3.63, 3.8) is 0 Å². The van der Waals surface area contributed by atoms with Crippen molar-refractivity contribution in [2.45, 2.75) is 91.0 Å². The molecule has 0 bridgehead atoms. The third kappa shape index (κ3) is 13.2. The van der Waals surface area contributed by atoms with Crippen LogP contribution >= 0.6 is 15.9 Å². The van der Waals surface area contributed by atoms with E-state index in [-0.39, 0.29) is 0 Å². The Bertz CT molecular complexity index is 171. The van der Waals surface area contributed by atoms with E-state index in [9.17, 15) is 0 Å². The molecule has 19 heavy (non-hydrogen) atoms. The van der Waals surface area contributed by atoms with Gasteiger partial charge in [-0.05, 0) is 46.2 Å². The van der Waals surface area contributed by atoms with Crippen LogP contribution in [0.4, 0.5) is 0 Å². The average molecular weight is 334 g/mol. The third-order valence-electron chi connectivity index (χ3n) is 3.86. The SMILES string of the molecule is CCCCCN(CCCCCCCCCBr)C(C)C. The van der Waals surface area contributed by atoms with Gasteiger partial charge in [-0.15, -0.1) is 0 Å². The topological polar surface area (TPSA) is 3.24 Å². The van der Waals surface area contributed by atoms with E-state index in [0.717, 1.165) is 6.04 Å². The highest BCUT2D eigenvalue weighted by Gasteiger charge is 2.07. The van der Waals surface area contributed by atoms with Crippen LogP contribution < -0.4 is 0 Å². The molecule has 0 aliphatic rings. The molecular formula is C17H36BrN. The predicted molar refractivity (Wildman–Crippen MR) is 92.3 cm³/mol. The highest BCUT2D eigenvalue weighted by molar-refractivity contribution is 9.09. The van der Waals surface area contributed by atoms with Crippen LogP contribution in [0, 0.1) is 0 Å². The minimum absolute atomic E-state index is 0.718. The van der Waals surface area contributed by atoms with Crippen LogP contribution in [0.25, 0.3) is 0 Å². The van der Waals surface area contributed by atoms with Gasteiger partial charge in [0.25, 0.3) is 0 Å². The van der Waals surface area contributed by atoms with Gasteiger partial charge in [-0.25, -0.2) is 0 Å². The number of rotatable bonds is 14. The lowest BCUT2D eigenvalue weighted by molar-refractivity contribution is 0.212. The molecule has 116 valence electrons. The number of nitrogens with zero attached hydrogens (tertiary/aromatic N) is 1. The van der Waals surface area contributed by atoms with E-state index in [1.807, 2.05) is 0 Å². The van der Waals surface area contributed by atoms with E-state index in [4.69, 9.17) is 0 Å². The summed E-state index contributed by atoms with van der Waals surface area (Å²) in [5.74, 6) is 0. The first-order valence-electron chi connectivity index (χ1n) is 8.52. The Balaban J connectivity index is 3.43. The summed E-state index contributed by atoms with van der Waals surface area (Å²) in [6.45, 7) is 9.58. The van der Waals surface area contributed by atoms with E-state index in [2.05, 4.69) is 41.6 Å². The highest BCUT2D eigenvalue weighted by Crippen LogP contribution is 2.10. The first kappa shape index (κ1) is 19.4. The van der Waals surface area contributed by atoms with Crippen molar-refractivity contribution in [2.24, 2.45) is 0 Å². The zero-order valence-corrected chi connectivity index (χ0v) is 15.2. The van der Waals surface area contributed by atoms with Gasteiger partial charge >= 0.3 is 0 Å². The van der Waals surface area contributed by atoms with E-state index in [0.29, 0.717) is 0 Å². The van der Waals surface area contributed by atoms with Gasteiger partial charge in [0.2, 0.25) is 0 Å². The molecule has 0 aromatic rings. The Hall–Kier alpha value is 0.440. The summed E-state index contributed by atoms with van der Waals surface area (Å²) in [7, 11) is 0. The molecule has 0 rings (SSSR count). The number of hydrogen-bond donors (Lipinski definition) is 0. The molecule has 0 aliphatic heterocycles. The fraction of sp³-hybridized carbons (Fsp3) is 1.00. The maximum atomic E-state index is 3.49. The van der Waals surface area contributed by atoms with Gasteiger partial charge in [0.05, 0.1) is 0 Å². The molecule has 0 atom stereocenters. The van der Waals surface area contributed by atoms with Crippen molar-refractivity contribution in [2.75, 3.05) is 18.4 Å². The van der Waals surface area contributed by atoms with Crippen LogP contribution in [0.1, 0.15) is 85.0 Å². The van der Waals surface area contributed by atoms with Gasteiger partial charge in [0, 0.05) is 11.4 Å². The van der Waals surface area contributed by atoms with E-state index in [1.165, 1.54) is 82.6 Å². The van der Waals surface area contributed by atoms with E-state index in [1.54, 1.807) is 0 Å². The molecule has 0 saturated carbocycles. The summed E-state index contributed by atoms with van der Waals surface area (Å²) in [5, 5.41) is 1.17. The smallest absolute Gasteiger partial charge is 0.00385 e. The predicted octanol–water partition coefficient (Wildman–Crippen LogP) is 6.01. The van der Waals surface area contributed by atoms with Crippen molar-refractivity contribution in [1.29, 1.82) is 0 Å². The molecular weight excluding hydrogens is 298 g/mol. The number of hydrogen-bond acceptors (Lipinski definition) is 1. The third-order valence-corrected chi connectivity index (χ3v) is 4.42. The van der Waals surface area contributed by atoms with Gasteiger partial charge < -0.3 is 4.90 Å². The van der Waals surface area contributed by atoms with E-state index >= 15 is 0 Å². The fourth-order valence-corrected chi connectivity index (χ4v) is 2.88. The summed E-state index contributed by atoms with van der Waals surface area (Å²) in [4.78, 5) is 2.67. The molecule has 1 nitrogen and oxygen atoms in total. The van der Waals surface area contributed by atoms with Crippen molar-refractivity contribution in [3.05, 3.63) is 0 Å². The number of unbranched alkanes of at least 4 members (excludes halogenated alkanes) is 8. The second-order valence-corrected chi connectivity index (χ2v) is 6.79. The first-order valence-corrected chi connectivity index (χ1v) is 9.64. The average Bonchev–Trinajstić information content (AvgIpc) is 2.39. The van der Waals surface area contributed by atoms with Crippen LogP contribution in [0.5, 0.6) is 0 Å². The Morgan fingerprint density at radius 3 is 1.68 bits per heavy atom. The lowest BCUT2D eigenvalue weighted by atomic mass is 10.1. The maximum Gasteiger partial charge on any atom is 0.00385 e. The zero-order valence-electron chi connectivity index (χ0n) is 13.6. The monoisotopic (exact) mass is 333 g/mol. The Kier molecular flexibility index (Phi) is 15.2. The molecule has 0 fully saturated rings. The molecule has 0 N–H and O–H groups in total. The van der Waals surface area contributed by atoms with Crippen LogP contribution in [-0.2, 0) is 0 Å². The Morgan fingerprint density at radius 1 is 0.737 bits per heavy atom. The molecule has 0 aromatic heterocycles. The van der Waals surface area contributed by atoms with Crippen LogP contribution in [0.15, 0.2) is 0 Å². The maximum absolute atomic E-state index is 3.49. The Morgan fingerprint density at radius 2 is 1.21 bits per heavy atom. The lowest BCUT2D eigenvalue weighted by Crippen LogP contribution is -2.32. The Labute approximate surface area is 130 Å². The molecule has 0 heterocycles. The molecule has 0 unspecified atom stereocenters. The molecule has 2 heteroatoms. The van der Waals surface area contributed by atoms with Gasteiger partial charge in [0.15, 0.2) is 0 Å². The molecule has 0 saturated heterocycles. The molecule has 0 amide bonds. The van der Waals surface area contributed by atoms with Gasteiger partial charge in [0.1, 0.15) is 0 Å². The molecule has 0 aliphatic carbocycles. The summed E-state index contributed by atoms with van der Waals surface area (Å²) in [5.41, 5.74) is 0. The number of alkyl halides is 1. The van der Waals surface area contributed by atoms with E-state index < -0.39 is 0 Å². The summed E-state index contributed by atoms with van der Waals surface area (Å²) in [6.07, 6.45) is 14.0. The highest BCUT2D eigenvalue weighted by atomic mass is 79.9. The second kappa shape index (κ2) is 14.8. The molecule has 0 radical (unpaired) electrons. The van der Waals surface area contributed by atoms with Crippen LogP contribution in [0.2, 0.25) is 0 Å². The fourth-order valence-electron chi connectivity index (χ4n) is 2.49. The van der Waals surface area contributed by atoms with Gasteiger partial charge in [-0.2, -0.15) is 0 Å². The minimum atomic E-state index is 0.718. The molecule has 0 spiro atoms. The minimum Gasteiger partial charge on any atom is -0.301 e. The van der Waals surface area contributed by atoms with Crippen LogP contribution in [0.3, 0.4) is 0 Å². The summed E-state index contributed by atoms with van der Waals surface area (Å²) >= 11 is 3.49. The zero-order chi connectivity index (χ0) is 14.3. The van der Waals surface area contributed by atoms with Crippen molar-refractivity contribution in [1.82, 2.24) is 4.90 Å². The van der Waals surface area contributed by atoms with Crippen molar-refractivity contribution in [3.8, 4) is 0 Å². The second-order valence-electron chi connectivity index (χ2n) is 6.00. The van der Waals surface area contributed by atoms with Crippen molar-refractivity contribution < 1.29 is 0 Å². The quantitative estimate of drug-likeness (QED) is 0.278. The van der Waals surface area contributed by atoms with Gasteiger partial charge in [-0.3, -0.25) is 0 Å². The molecule has 0 aromatic carbocycles. The summed E-state index contributed by atoms with van der Waals surface area (Å²) < 4.78 is 0. The normalized spacial score (nSPS) is 11.7. The van der Waals surface area contributed by atoms with Crippen molar-refractivity contribution >= 4 is 15.9 Å². The first-order chi connectivity index (χ1) is 9.22. The van der Waals surface area contributed by atoms with Crippen LogP contribution in [-0.4, -0.2) is 29.4 Å². The van der Waals surface area contributed by atoms with Gasteiger partial charge in [-0.1, -0.05) is 67.8 Å². The lowest BCUT2D eigenvalue weighted by Gasteiger charge is -2.26. The standard InChI is InChI=1S/C17H36BrN/c1-4-5-12-15-19(17(2)3)16-13-10-8-6-7-9-11-14-18/h17H,4-16H2,1-3H3. The largest absolute Gasteiger partial charge is 0.301 e. The summed E-state index contributed by atoms with van der Waals surface area (Å²) in [6, 6.07) is 0.718. The number of halogens is 1.